The molecule has 0 radical (unpaired) electrons. The second-order valence-electron chi connectivity index (χ2n) is 4.14. The molecule has 16 heavy (non-hydrogen) atoms. The monoisotopic (exact) mass is 236 g/mol. The van der Waals surface area contributed by atoms with Gasteiger partial charge < -0.3 is 5.73 Å². The smallest absolute Gasteiger partial charge is 0.122 e. The summed E-state index contributed by atoms with van der Waals surface area (Å²) in [5.41, 5.74) is 7.53. The Morgan fingerprint density at radius 1 is 1.50 bits per heavy atom. The third-order valence-electron chi connectivity index (χ3n) is 2.61. The first-order chi connectivity index (χ1) is 7.63. The summed E-state index contributed by atoms with van der Waals surface area (Å²) in [5, 5.41) is 7.38. The van der Waals surface area contributed by atoms with Gasteiger partial charge in [-0.2, -0.15) is 11.8 Å². The summed E-state index contributed by atoms with van der Waals surface area (Å²) in [7, 11) is 0. The van der Waals surface area contributed by atoms with Gasteiger partial charge in [-0.3, -0.25) is 5.41 Å². The van der Waals surface area contributed by atoms with Crippen molar-refractivity contribution in [3.05, 3.63) is 35.4 Å². The fourth-order valence-electron chi connectivity index (χ4n) is 1.32. The molecule has 0 spiro atoms. The van der Waals surface area contributed by atoms with Gasteiger partial charge in [0.05, 0.1) is 0 Å². The number of thioether (sulfide) groups is 1. The molecule has 0 fully saturated rings. The van der Waals surface area contributed by atoms with E-state index < -0.39 is 0 Å². The van der Waals surface area contributed by atoms with Crippen LogP contribution in [0.1, 0.15) is 31.4 Å². The first-order valence-corrected chi connectivity index (χ1v) is 6.80. The van der Waals surface area contributed by atoms with Gasteiger partial charge in [0.25, 0.3) is 0 Å². The highest BCUT2D eigenvalue weighted by Crippen LogP contribution is 2.17. The van der Waals surface area contributed by atoms with E-state index in [2.05, 4.69) is 19.9 Å². The van der Waals surface area contributed by atoms with Gasteiger partial charge in [-0.15, -0.1) is 0 Å². The second-order valence-corrected chi connectivity index (χ2v) is 5.17. The molecule has 3 heteroatoms. The fraction of sp³-hybridized carbons (Fsp3) is 0.462. The summed E-state index contributed by atoms with van der Waals surface area (Å²) in [6.07, 6.45) is 1.24. The maximum absolute atomic E-state index is 7.38. The van der Waals surface area contributed by atoms with Crippen LogP contribution >= 0.6 is 11.8 Å². The zero-order valence-electron chi connectivity index (χ0n) is 9.99. The Kier molecular flexibility index (Phi) is 5.39. The molecule has 0 aliphatic heterocycles. The summed E-state index contributed by atoms with van der Waals surface area (Å²) in [5.74, 6) is 3.13. The molecule has 0 amide bonds. The quantitative estimate of drug-likeness (QED) is 0.588. The van der Waals surface area contributed by atoms with Gasteiger partial charge >= 0.3 is 0 Å². The number of rotatable bonds is 6. The van der Waals surface area contributed by atoms with Gasteiger partial charge in [0.15, 0.2) is 0 Å². The SMILES string of the molecule is CCC(C)CSCc1cccc(C(=N)N)c1. The van der Waals surface area contributed by atoms with Crippen molar-refractivity contribution >= 4 is 17.6 Å². The summed E-state index contributed by atoms with van der Waals surface area (Å²) in [6, 6.07) is 7.95. The van der Waals surface area contributed by atoms with E-state index in [1.165, 1.54) is 17.7 Å². The number of hydrogen-bond acceptors (Lipinski definition) is 2. The Bertz CT molecular complexity index is 350. The van der Waals surface area contributed by atoms with Crippen LogP contribution in [0.3, 0.4) is 0 Å². The van der Waals surface area contributed by atoms with E-state index in [-0.39, 0.29) is 5.84 Å². The van der Waals surface area contributed by atoms with Crippen molar-refractivity contribution in [2.45, 2.75) is 26.0 Å². The molecule has 88 valence electrons. The minimum absolute atomic E-state index is 0.147. The average Bonchev–Trinajstić information content (AvgIpc) is 2.29. The molecule has 0 saturated carbocycles. The van der Waals surface area contributed by atoms with E-state index in [0.29, 0.717) is 0 Å². The van der Waals surface area contributed by atoms with E-state index in [1.54, 1.807) is 0 Å². The molecule has 1 aromatic rings. The third kappa shape index (κ3) is 4.27. The van der Waals surface area contributed by atoms with Crippen LogP contribution < -0.4 is 5.73 Å². The Labute approximate surface area is 102 Å². The third-order valence-corrected chi connectivity index (χ3v) is 3.95. The molecule has 0 heterocycles. The van der Waals surface area contributed by atoms with Crippen LogP contribution in [0.5, 0.6) is 0 Å². The highest BCUT2D eigenvalue weighted by Gasteiger charge is 2.01. The Hall–Kier alpha value is -0.960. The molecule has 0 saturated heterocycles. The van der Waals surface area contributed by atoms with Gasteiger partial charge in [0.2, 0.25) is 0 Å². The van der Waals surface area contributed by atoms with Crippen molar-refractivity contribution < 1.29 is 0 Å². The highest BCUT2D eigenvalue weighted by atomic mass is 32.2. The number of benzene rings is 1. The molecule has 1 atom stereocenters. The van der Waals surface area contributed by atoms with Gasteiger partial charge in [0, 0.05) is 11.3 Å². The highest BCUT2D eigenvalue weighted by molar-refractivity contribution is 7.98. The van der Waals surface area contributed by atoms with E-state index >= 15 is 0 Å². The van der Waals surface area contributed by atoms with Crippen LogP contribution in [0.15, 0.2) is 24.3 Å². The Balaban J connectivity index is 2.48. The van der Waals surface area contributed by atoms with Crippen molar-refractivity contribution in [3.8, 4) is 0 Å². The molecule has 0 bridgehead atoms. The van der Waals surface area contributed by atoms with Crippen LogP contribution in [0, 0.1) is 11.3 Å². The first kappa shape index (κ1) is 13.1. The molecule has 0 aliphatic rings. The number of nitrogens with two attached hydrogens (primary N) is 1. The molecule has 0 aliphatic carbocycles. The number of nitrogens with one attached hydrogen (secondary N) is 1. The zero-order valence-corrected chi connectivity index (χ0v) is 10.8. The van der Waals surface area contributed by atoms with Crippen LogP contribution in [0.4, 0.5) is 0 Å². The minimum Gasteiger partial charge on any atom is -0.384 e. The van der Waals surface area contributed by atoms with Crippen LogP contribution in [0.25, 0.3) is 0 Å². The zero-order chi connectivity index (χ0) is 12.0. The Morgan fingerprint density at radius 2 is 2.25 bits per heavy atom. The first-order valence-electron chi connectivity index (χ1n) is 5.64. The fourth-order valence-corrected chi connectivity index (χ4v) is 2.50. The number of amidine groups is 1. The van der Waals surface area contributed by atoms with Crippen molar-refractivity contribution in [1.29, 1.82) is 5.41 Å². The van der Waals surface area contributed by atoms with E-state index in [0.717, 1.165) is 17.2 Å². The molecule has 1 aromatic carbocycles. The molecule has 2 nitrogen and oxygen atoms in total. The summed E-state index contributed by atoms with van der Waals surface area (Å²) in [4.78, 5) is 0. The van der Waals surface area contributed by atoms with Gasteiger partial charge in [-0.1, -0.05) is 38.5 Å². The summed E-state index contributed by atoms with van der Waals surface area (Å²) >= 11 is 1.95. The lowest BCUT2D eigenvalue weighted by Gasteiger charge is -2.08. The number of hydrogen-bond donors (Lipinski definition) is 2. The number of nitrogen functional groups attached to an aromatic ring is 1. The predicted molar refractivity (Wildman–Crippen MR) is 73.1 cm³/mol. The lowest BCUT2D eigenvalue weighted by atomic mass is 10.1. The predicted octanol–water partition coefficient (Wildman–Crippen LogP) is 3.25. The van der Waals surface area contributed by atoms with Crippen LogP contribution in [-0.2, 0) is 5.75 Å². The minimum atomic E-state index is 0.147. The normalized spacial score (nSPS) is 12.4. The maximum atomic E-state index is 7.38. The van der Waals surface area contributed by atoms with Crippen molar-refractivity contribution in [3.63, 3.8) is 0 Å². The van der Waals surface area contributed by atoms with Gasteiger partial charge in [-0.05, 0) is 23.3 Å². The van der Waals surface area contributed by atoms with E-state index in [1.807, 2.05) is 30.0 Å². The average molecular weight is 236 g/mol. The van der Waals surface area contributed by atoms with Crippen molar-refractivity contribution in [1.82, 2.24) is 0 Å². The summed E-state index contributed by atoms with van der Waals surface area (Å²) < 4.78 is 0. The van der Waals surface area contributed by atoms with E-state index in [9.17, 15) is 0 Å². The van der Waals surface area contributed by atoms with Crippen LogP contribution in [-0.4, -0.2) is 11.6 Å². The maximum Gasteiger partial charge on any atom is 0.122 e. The molecular formula is C13H20N2S. The van der Waals surface area contributed by atoms with Gasteiger partial charge in [0.1, 0.15) is 5.84 Å². The van der Waals surface area contributed by atoms with Crippen molar-refractivity contribution in [2.24, 2.45) is 11.7 Å². The molecular weight excluding hydrogens is 216 g/mol. The largest absolute Gasteiger partial charge is 0.384 e. The molecule has 0 aromatic heterocycles. The standard InChI is InChI=1S/C13H20N2S/c1-3-10(2)8-16-9-11-5-4-6-12(7-11)13(14)15/h4-7,10H,3,8-9H2,1-2H3,(H3,14,15). The Morgan fingerprint density at radius 3 is 2.88 bits per heavy atom. The molecule has 1 rings (SSSR count). The van der Waals surface area contributed by atoms with Gasteiger partial charge in [-0.25, -0.2) is 0 Å². The lowest BCUT2D eigenvalue weighted by Crippen LogP contribution is -2.11. The van der Waals surface area contributed by atoms with Crippen molar-refractivity contribution in [2.75, 3.05) is 5.75 Å². The lowest BCUT2D eigenvalue weighted by molar-refractivity contribution is 0.637. The summed E-state index contributed by atoms with van der Waals surface area (Å²) in [6.45, 7) is 4.50. The topological polar surface area (TPSA) is 49.9 Å². The second kappa shape index (κ2) is 6.59. The van der Waals surface area contributed by atoms with E-state index in [4.69, 9.17) is 11.1 Å². The molecule has 1 unspecified atom stereocenters. The molecule has 3 N–H and O–H groups in total. The van der Waals surface area contributed by atoms with Crippen LogP contribution in [0.2, 0.25) is 0 Å².